The molecule has 0 spiro atoms. The van der Waals surface area contributed by atoms with Crippen LogP contribution in [0.4, 0.5) is 0 Å². The summed E-state index contributed by atoms with van der Waals surface area (Å²) in [5.41, 5.74) is 2.36. The number of hydrogen-bond acceptors (Lipinski definition) is 3. The Morgan fingerprint density at radius 3 is 2.00 bits per heavy atom. The Morgan fingerprint density at radius 1 is 0.957 bits per heavy atom. The van der Waals surface area contributed by atoms with Gasteiger partial charge in [0.25, 0.3) is 11.1 Å². The summed E-state index contributed by atoms with van der Waals surface area (Å²) >= 11 is 4.81. The first-order valence-corrected chi connectivity index (χ1v) is 7.66. The van der Waals surface area contributed by atoms with Gasteiger partial charge in [-0.05, 0) is 29.4 Å². The molecule has 0 radical (unpaired) electrons. The van der Waals surface area contributed by atoms with Crippen LogP contribution in [0.3, 0.4) is 0 Å². The van der Waals surface area contributed by atoms with Gasteiger partial charge in [-0.2, -0.15) is 0 Å². The van der Waals surface area contributed by atoms with Gasteiger partial charge in [0.15, 0.2) is 5.76 Å². The van der Waals surface area contributed by atoms with Crippen molar-refractivity contribution in [1.82, 2.24) is 5.32 Å². The normalized spacial score (nSPS) is 16.1. The Labute approximate surface area is 140 Å². The van der Waals surface area contributed by atoms with Gasteiger partial charge < -0.3 is 4.74 Å². The minimum Gasteiger partial charge on any atom is -0.426 e. The number of hydrogen-bond donors (Lipinski definition) is 1. The summed E-state index contributed by atoms with van der Waals surface area (Å²) in [6, 6.07) is 20.4. The van der Waals surface area contributed by atoms with Crippen LogP contribution in [0.5, 0.6) is 0 Å². The Bertz CT molecular complexity index is 727. The number of allylic oxidation sites excluding steroid dienone is 3. The number of carbonyl (C=O) groups is 1. The van der Waals surface area contributed by atoms with Crippen molar-refractivity contribution >= 4 is 23.3 Å². The molecule has 0 atom stereocenters. The third-order valence-corrected chi connectivity index (χ3v) is 3.70. The first-order chi connectivity index (χ1) is 11.2. The van der Waals surface area contributed by atoms with Gasteiger partial charge in [0.1, 0.15) is 0 Å². The molecule has 0 aliphatic carbocycles. The smallest absolute Gasteiger partial charge is 0.294 e. The van der Waals surface area contributed by atoms with Crippen molar-refractivity contribution in [2.45, 2.75) is 5.92 Å². The molecule has 23 heavy (non-hydrogen) atoms. The molecule has 0 unspecified atom stereocenters. The van der Waals surface area contributed by atoms with E-state index in [0.29, 0.717) is 0 Å². The molecule has 3 nitrogen and oxygen atoms in total. The summed E-state index contributed by atoms with van der Waals surface area (Å²) in [5, 5.41) is 2.53. The van der Waals surface area contributed by atoms with Crippen LogP contribution >= 0.6 is 12.2 Å². The lowest BCUT2D eigenvalue weighted by atomic mass is 9.91. The molecular formula is C19H15NO2S. The van der Waals surface area contributed by atoms with Gasteiger partial charge >= 0.3 is 0 Å². The second-order valence-corrected chi connectivity index (χ2v) is 5.43. The first kappa shape index (κ1) is 15.2. The molecule has 4 heteroatoms. The lowest BCUT2D eigenvalue weighted by molar-refractivity contribution is -0.116. The largest absolute Gasteiger partial charge is 0.426 e. The van der Waals surface area contributed by atoms with Crippen molar-refractivity contribution in [3.63, 3.8) is 0 Å². The molecule has 1 heterocycles. The topological polar surface area (TPSA) is 38.3 Å². The van der Waals surface area contributed by atoms with Crippen LogP contribution in [0.15, 0.2) is 84.7 Å². The van der Waals surface area contributed by atoms with Gasteiger partial charge in [-0.3, -0.25) is 10.1 Å². The zero-order valence-corrected chi connectivity index (χ0v) is 13.1. The summed E-state index contributed by atoms with van der Waals surface area (Å²) in [6.07, 6.45) is 5.50. The van der Waals surface area contributed by atoms with Crippen LogP contribution in [0.1, 0.15) is 17.0 Å². The molecule has 1 fully saturated rings. The molecule has 1 aliphatic heterocycles. The highest BCUT2D eigenvalue weighted by molar-refractivity contribution is 7.80. The van der Waals surface area contributed by atoms with E-state index in [9.17, 15) is 4.79 Å². The molecule has 0 aromatic heterocycles. The Hall–Kier alpha value is -2.72. The minimum absolute atomic E-state index is 0.0947. The van der Waals surface area contributed by atoms with E-state index in [1.807, 2.05) is 48.6 Å². The fourth-order valence-electron chi connectivity index (χ4n) is 2.43. The third-order valence-electron chi connectivity index (χ3n) is 3.51. The maximum atomic E-state index is 11.6. The van der Waals surface area contributed by atoms with Crippen LogP contribution in [0.2, 0.25) is 0 Å². The molecule has 3 rings (SSSR count). The number of carbonyl (C=O) groups excluding carboxylic acids is 1. The SMILES string of the molecule is O=C1NC(=S)OC1=CC=CC(c1ccccc1)c1ccccc1. The number of nitrogens with one attached hydrogen (secondary N) is 1. The van der Waals surface area contributed by atoms with E-state index >= 15 is 0 Å². The minimum atomic E-state index is -0.310. The molecule has 2 aromatic rings. The van der Waals surface area contributed by atoms with E-state index in [2.05, 4.69) is 29.6 Å². The zero-order chi connectivity index (χ0) is 16.1. The highest BCUT2D eigenvalue weighted by Gasteiger charge is 2.22. The second-order valence-electron chi connectivity index (χ2n) is 5.06. The van der Waals surface area contributed by atoms with Gasteiger partial charge in [0, 0.05) is 5.92 Å². The van der Waals surface area contributed by atoms with Gasteiger partial charge in [0.2, 0.25) is 0 Å². The predicted octanol–water partition coefficient (Wildman–Crippen LogP) is 3.69. The van der Waals surface area contributed by atoms with Gasteiger partial charge in [-0.15, -0.1) is 0 Å². The maximum absolute atomic E-state index is 11.6. The average Bonchev–Trinajstić information content (AvgIpc) is 2.91. The molecule has 1 aliphatic rings. The van der Waals surface area contributed by atoms with E-state index in [4.69, 9.17) is 17.0 Å². The van der Waals surface area contributed by atoms with Crippen molar-refractivity contribution in [1.29, 1.82) is 0 Å². The van der Waals surface area contributed by atoms with Crippen LogP contribution in [0, 0.1) is 0 Å². The van der Waals surface area contributed by atoms with Crippen molar-refractivity contribution in [2.75, 3.05) is 0 Å². The summed E-state index contributed by atoms with van der Waals surface area (Å²) in [5.74, 6) is 0.00686. The lowest BCUT2D eigenvalue weighted by Gasteiger charge is -2.13. The highest BCUT2D eigenvalue weighted by Crippen LogP contribution is 2.26. The number of ether oxygens (including phenoxy) is 1. The van der Waals surface area contributed by atoms with Crippen LogP contribution < -0.4 is 5.32 Å². The summed E-state index contributed by atoms with van der Waals surface area (Å²) in [6.45, 7) is 0. The molecule has 0 saturated carbocycles. The first-order valence-electron chi connectivity index (χ1n) is 7.25. The summed E-state index contributed by atoms with van der Waals surface area (Å²) in [4.78, 5) is 11.6. The van der Waals surface area contributed by atoms with Gasteiger partial charge in [0.05, 0.1) is 0 Å². The van der Waals surface area contributed by atoms with Crippen LogP contribution in [-0.4, -0.2) is 11.1 Å². The fourth-order valence-corrected chi connectivity index (χ4v) is 2.61. The van der Waals surface area contributed by atoms with Crippen LogP contribution in [0.25, 0.3) is 0 Å². The number of amides is 1. The number of benzene rings is 2. The average molecular weight is 321 g/mol. The fraction of sp³-hybridized carbons (Fsp3) is 0.0526. The monoisotopic (exact) mass is 321 g/mol. The maximum Gasteiger partial charge on any atom is 0.294 e. The standard InChI is InChI=1S/C19H15NO2S/c21-18-17(22-19(23)20-18)13-7-12-16(14-8-3-1-4-9-14)15-10-5-2-6-11-15/h1-13,16H,(H,20,21,23). The zero-order valence-electron chi connectivity index (χ0n) is 12.3. The lowest BCUT2D eigenvalue weighted by Crippen LogP contribution is -2.18. The number of rotatable bonds is 4. The molecule has 2 aromatic carbocycles. The summed E-state index contributed by atoms with van der Waals surface area (Å²) < 4.78 is 5.15. The molecule has 114 valence electrons. The van der Waals surface area contributed by atoms with E-state index in [-0.39, 0.29) is 22.8 Å². The van der Waals surface area contributed by atoms with Crippen molar-refractivity contribution in [3.05, 3.63) is 95.8 Å². The van der Waals surface area contributed by atoms with E-state index in [1.54, 1.807) is 6.08 Å². The quantitative estimate of drug-likeness (QED) is 0.689. The number of thiocarbonyl (C=S) groups is 1. The summed E-state index contributed by atoms with van der Waals surface area (Å²) in [7, 11) is 0. The Balaban J connectivity index is 1.88. The predicted molar refractivity (Wildman–Crippen MR) is 93.8 cm³/mol. The van der Waals surface area contributed by atoms with Crippen molar-refractivity contribution in [3.8, 4) is 0 Å². The molecule has 1 amide bonds. The van der Waals surface area contributed by atoms with Crippen molar-refractivity contribution in [2.24, 2.45) is 0 Å². The third kappa shape index (κ3) is 3.73. The second kappa shape index (κ2) is 7.03. The molecule has 0 bridgehead atoms. The van der Waals surface area contributed by atoms with Gasteiger partial charge in [-0.25, -0.2) is 0 Å². The molecular weight excluding hydrogens is 306 g/mol. The Morgan fingerprint density at radius 2 is 1.52 bits per heavy atom. The van der Waals surface area contributed by atoms with Crippen LogP contribution in [-0.2, 0) is 9.53 Å². The van der Waals surface area contributed by atoms with E-state index in [0.717, 1.165) is 0 Å². The molecule has 1 N–H and O–H groups in total. The van der Waals surface area contributed by atoms with Gasteiger partial charge in [-0.1, -0.05) is 72.8 Å². The van der Waals surface area contributed by atoms with E-state index < -0.39 is 0 Å². The Kier molecular flexibility index (Phi) is 4.64. The van der Waals surface area contributed by atoms with Crippen molar-refractivity contribution < 1.29 is 9.53 Å². The highest BCUT2D eigenvalue weighted by atomic mass is 32.1. The molecule has 1 saturated heterocycles. The van der Waals surface area contributed by atoms with E-state index in [1.165, 1.54) is 11.1 Å².